The Balaban J connectivity index is 1.37. The minimum atomic E-state index is -3.96. The number of hydrogen-bond donors (Lipinski definition) is 1. The average Bonchev–Trinajstić information content (AvgIpc) is 3.34. The lowest BCUT2D eigenvalue weighted by Crippen LogP contribution is -2.64. The Morgan fingerprint density at radius 2 is 1.74 bits per heavy atom. The second-order valence-electron chi connectivity index (χ2n) is 10.8. The minimum absolute atomic E-state index is 0.0158. The van der Waals surface area contributed by atoms with Crippen LogP contribution in [0.2, 0.25) is 0 Å². The van der Waals surface area contributed by atoms with Crippen molar-refractivity contribution in [1.29, 1.82) is 0 Å². The molecule has 220 valence electrons. The van der Waals surface area contributed by atoms with Crippen LogP contribution in [0.4, 0.5) is 10.5 Å². The molecule has 1 saturated heterocycles. The van der Waals surface area contributed by atoms with E-state index in [-0.39, 0.29) is 30.4 Å². The Hall–Kier alpha value is -4.16. The molecule has 0 unspecified atom stereocenters. The molecule has 1 amide bonds. The summed E-state index contributed by atoms with van der Waals surface area (Å²) in [6.07, 6.45) is 1.02. The third kappa shape index (κ3) is 4.03. The molecule has 0 radical (unpaired) electrons. The van der Waals surface area contributed by atoms with E-state index in [9.17, 15) is 22.8 Å². The van der Waals surface area contributed by atoms with Gasteiger partial charge in [0.2, 0.25) is 5.91 Å². The monoisotopic (exact) mass is 593 g/mol. The summed E-state index contributed by atoms with van der Waals surface area (Å²) in [5.74, 6) is -2.37. The molecule has 0 aliphatic carbocycles. The van der Waals surface area contributed by atoms with E-state index < -0.39 is 52.0 Å². The molecule has 11 nitrogen and oxygen atoms in total. The molecule has 4 heterocycles. The van der Waals surface area contributed by atoms with Crippen molar-refractivity contribution >= 4 is 44.5 Å². The number of nitrogens with one attached hydrogen (secondary N) is 1. The first-order valence-electron chi connectivity index (χ1n) is 13.7. The van der Waals surface area contributed by atoms with Crippen molar-refractivity contribution in [2.45, 2.75) is 44.0 Å². The number of anilines is 1. The Morgan fingerprint density at radius 1 is 1.07 bits per heavy atom. The van der Waals surface area contributed by atoms with Gasteiger partial charge in [0.25, 0.3) is 10.0 Å². The van der Waals surface area contributed by atoms with Crippen LogP contribution >= 0.6 is 0 Å². The fourth-order valence-corrected chi connectivity index (χ4v) is 8.30. The summed E-state index contributed by atoms with van der Waals surface area (Å²) in [4.78, 5) is 40.4. The molecule has 4 atom stereocenters. The largest absolute Gasteiger partial charge is 0.508 e. The topological polar surface area (TPSA) is 132 Å². The summed E-state index contributed by atoms with van der Waals surface area (Å²) in [6, 6.07) is 6.65. The third-order valence-electron chi connectivity index (χ3n) is 8.48. The van der Waals surface area contributed by atoms with E-state index >= 15 is 0 Å². The second kappa shape index (κ2) is 10.3. The second-order valence-corrected chi connectivity index (χ2v) is 12.6. The van der Waals surface area contributed by atoms with Gasteiger partial charge < -0.3 is 24.4 Å². The lowest BCUT2D eigenvalue weighted by molar-refractivity contribution is -0.164. The van der Waals surface area contributed by atoms with Gasteiger partial charge in [0.05, 0.1) is 29.1 Å². The highest BCUT2D eigenvalue weighted by molar-refractivity contribution is 7.93. The van der Waals surface area contributed by atoms with Crippen molar-refractivity contribution in [2.24, 2.45) is 11.8 Å². The zero-order valence-electron chi connectivity index (χ0n) is 23.3. The molecule has 0 saturated carbocycles. The maximum atomic E-state index is 14.0. The van der Waals surface area contributed by atoms with E-state index in [1.54, 1.807) is 19.1 Å². The van der Waals surface area contributed by atoms with Gasteiger partial charge in [0.15, 0.2) is 0 Å². The molecule has 4 aliphatic rings. The summed E-state index contributed by atoms with van der Waals surface area (Å²) in [7, 11) is -3.96. The van der Waals surface area contributed by atoms with Crippen molar-refractivity contribution in [3.63, 3.8) is 0 Å². The van der Waals surface area contributed by atoms with Gasteiger partial charge in [-0.1, -0.05) is 44.4 Å². The Bertz CT molecular complexity index is 1690. The molecule has 42 heavy (non-hydrogen) atoms. The number of sulfonamides is 1. The maximum Gasteiger partial charge on any atom is 0.508 e. The van der Waals surface area contributed by atoms with Gasteiger partial charge in [-0.25, -0.2) is 18.0 Å². The van der Waals surface area contributed by atoms with Crippen molar-refractivity contribution in [3.8, 4) is 0 Å². The number of esters is 1. The SMILES string of the molecule is C=CCOC(=O)O[C@H](C)[C@H]1C(=O)N2C(C(=O)OCC=C)=C(CN3c4ccc5c6c(ccc(c46)S3(=O)=O)CNC5)[C@H](C)[C@H]12. The van der Waals surface area contributed by atoms with Crippen LogP contribution in [-0.4, -0.2) is 63.3 Å². The maximum absolute atomic E-state index is 14.0. The van der Waals surface area contributed by atoms with Crippen LogP contribution < -0.4 is 9.62 Å². The fraction of sp³-hybridized carbons (Fsp3) is 0.367. The first-order valence-corrected chi connectivity index (χ1v) is 15.1. The number of carbonyl (C=O) groups excluding carboxylic acids is 3. The highest BCUT2D eigenvalue weighted by Crippen LogP contribution is 2.51. The number of hydrogen-bond acceptors (Lipinski definition) is 9. The molecule has 2 aromatic rings. The Morgan fingerprint density at radius 3 is 2.43 bits per heavy atom. The van der Waals surface area contributed by atoms with Gasteiger partial charge in [0.1, 0.15) is 25.0 Å². The Kier molecular flexibility index (Phi) is 6.85. The molecular formula is C30H31N3O8S. The number of rotatable bonds is 9. The molecule has 0 spiro atoms. The first kappa shape index (κ1) is 28.0. The van der Waals surface area contributed by atoms with Crippen LogP contribution in [-0.2, 0) is 46.9 Å². The molecule has 6 rings (SSSR count). The highest BCUT2D eigenvalue weighted by atomic mass is 32.2. The van der Waals surface area contributed by atoms with Gasteiger partial charge in [-0.15, -0.1) is 0 Å². The number of ether oxygens (including phenoxy) is 3. The van der Waals surface area contributed by atoms with Crippen molar-refractivity contribution in [3.05, 3.63) is 72.0 Å². The molecular weight excluding hydrogens is 562 g/mol. The molecule has 12 heteroatoms. The molecule has 0 bridgehead atoms. The van der Waals surface area contributed by atoms with Crippen molar-refractivity contribution in [2.75, 3.05) is 24.1 Å². The smallest absolute Gasteiger partial charge is 0.457 e. The van der Waals surface area contributed by atoms with Gasteiger partial charge >= 0.3 is 12.1 Å². The van der Waals surface area contributed by atoms with Crippen LogP contribution in [0, 0.1) is 11.8 Å². The Labute approximate surface area is 243 Å². The van der Waals surface area contributed by atoms with Crippen LogP contribution in [0.5, 0.6) is 0 Å². The summed E-state index contributed by atoms with van der Waals surface area (Å²) >= 11 is 0. The van der Waals surface area contributed by atoms with E-state index in [1.165, 1.54) is 21.4 Å². The number of nitrogens with zero attached hydrogens (tertiary/aromatic N) is 2. The van der Waals surface area contributed by atoms with Crippen molar-refractivity contribution < 1.29 is 37.0 Å². The van der Waals surface area contributed by atoms with Gasteiger partial charge in [-0.3, -0.25) is 9.10 Å². The third-order valence-corrected chi connectivity index (χ3v) is 10.3. The van der Waals surface area contributed by atoms with E-state index in [2.05, 4.69) is 18.5 Å². The zero-order chi connectivity index (χ0) is 29.9. The fourth-order valence-electron chi connectivity index (χ4n) is 6.63. The number of carbonyl (C=O) groups is 3. The van der Waals surface area contributed by atoms with E-state index in [0.717, 1.165) is 16.5 Å². The molecule has 2 aromatic carbocycles. The van der Waals surface area contributed by atoms with Gasteiger partial charge in [-0.05, 0) is 41.1 Å². The molecule has 0 aromatic heterocycles. The highest BCUT2D eigenvalue weighted by Gasteiger charge is 2.61. The predicted molar refractivity (Wildman–Crippen MR) is 153 cm³/mol. The summed E-state index contributed by atoms with van der Waals surface area (Å²) in [5.41, 5.74) is 3.05. The number of fused-ring (bicyclic) bond motifs is 1. The van der Waals surface area contributed by atoms with Gasteiger partial charge in [0, 0.05) is 24.4 Å². The van der Waals surface area contributed by atoms with Crippen LogP contribution in [0.25, 0.3) is 10.8 Å². The number of β-lactam (4-membered cyclic amide) rings is 1. The van der Waals surface area contributed by atoms with Crippen LogP contribution in [0.3, 0.4) is 0 Å². The molecule has 4 aliphatic heterocycles. The van der Waals surface area contributed by atoms with E-state index in [1.807, 2.05) is 19.1 Å². The van der Waals surface area contributed by atoms with Gasteiger partial charge in [-0.2, -0.15) is 0 Å². The summed E-state index contributed by atoms with van der Waals surface area (Å²) in [5, 5.41) is 4.94. The standard InChI is InChI=1S/C30H31N3O8S/c1-5-11-39-29(35)27-20(16(3)26-23(28(34)33(26)27)17(4)41-30(36)40-12-6-2)15-32-21-9-7-18-13-31-14-19-8-10-22(42(32,37)38)25(21)24(18)19/h5-10,16-17,23,26,31H,1-2,11-15H2,3-4H3/t16-,17+,23+,26+/m0/s1. The summed E-state index contributed by atoms with van der Waals surface area (Å²) < 4.78 is 44.8. The van der Waals surface area contributed by atoms with E-state index in [0.29, 0.717) is 29.7 Å². The normalized spacial score (nSPS) is 23.8. The molecule has 1 N–H and O–H groups in total. The lowest BCUT2D eigenvalue weighted by Gasteiger charge is -2.47. The zero-order valence-corrected chi connectivity index (χ0v) is 24.1. The van der Waals surface area contributed by atoms with E-state index in [4.69, 9.17) is 14.2 Å². The predicted octanol–water partition coefficient (Wildman–Crippen LogP) is 3.14. The molecule has 1 fully saturated rings. The first-order chi connectivity index (χ1) is 20.1. The average molecular weight is 594 g/mol. The minimum Gasteiger partial charge on any atom is -0.457 e. The van der Waals surface area contributed by atoms with Crippen molar-refractivity contribution in [1.82, 2.24) is 10.2 Å². The summed E-state index contributed by atoms with van der Waals surface area (Å²) in [6.45, 7) is 11.5. The number of amides is 1. The van der Waals surface area contributed by atoms with Crippen LogP contribution in [0.1, 0.15) is 25.0 Å². The van der Waals surface area contributed by atoms with Crippen LogP contribution in [0.15, 0.2) is 65.7 Å². The number of benzene rings is 2. The lowest BCUT2D eigenvalue weighted by atomic mass is 9.77. The quantitative estimate of drug-likeness (QED) is 0.265.